The SMILES string of the molecule is CN(C)/C=N/c1ncc2ncn([C@H]3C[C@H](O)[C@@H](CO)O3)c2n1. The highest BCUT2D eigenvalue weighted by Gasteiger charge is 2.35. The summed E-state index contributed by atoms with van der Waals surface area (Å²) in [6, 6.07) is 0. The molecule has 1 fully saturated rings. The number of aliphatic hydroxyl groups excluding tert-OH is 2. The molecule has 9 heteroatoms. The third kappa shape index (κ3) is 2.78. The lowest BCUT2D eigenvalue weighted by atomic mass is 10.2. The van der Waals surface area contributed by atoms with Gasteiger partial charge in [0.15, 0.2) is 5.65 Å². The second-order valence-electron chi connectivity index (χ2n) is 5.35. The molecule has 1 aliphatic heterocycles. The van der Waals surface area contributed by atoms with E-state index in [4.69, 9.17) is 4.74 Å². The van der Waals surface area contributed by atoms with Crippen molar-refractivity contribution in [2.24, 2.45) is 4.99 Å². The molecule has 0 radical (unpaired) electrons. The van der Waals surface area contributed by atoms with Crippen molar-refractivity contribution in [2.75, 3.05) is 20.7 Å². The molecule has 3 rings (SSSR count). The van der Waals surface area contributed by atoms with Gasteiger partial charge in [-0.25, -0.2) is 15.0 Å². The molecule has 2 aromatic rings. The Balaban J connectivity index is 1.92. The zero-order chi connectivity index (χ0) is 15.7. The average Bonchev–Trinajstić information content (AvgIpc) is 3.07. The lowest BCUT2D eigenvalue weighted by molar-refractivity contribution is -0.0432. The third-order valence-electron chi connectivity index (χ3n) is 3.40. The van der Waals surface area contributed by atoms with Crippen molar-refractivity contribution >= 4 is 23.5 Å². The molecule has 0 amide bonds. The second-order valence-corrected chi connectivity index (χ2v) is 5.35. The number of aliphatic hydroxyl groups is 2. The first-order valence-corrected chi connectivity index (χ1v) is 6.93. The molecule has 2 N–H and O–H groups in total. The Bertz CT molecular complexity index is 685. The first-order valence-electron chi connectivity index (χ1n) is 6.93. The zero-order valence-corrected chi connectivity index (χ0v) is 12.4. The summed E-state index contributed by atoms with van der Waals surface area (Å²) >= 11 is 0. The van der Waals surface area contributed by atoms with E-state index in [2.05, 4.69) is 19.9 Å². The fourth-order valence-electron chi connectivity index (χ4n) is 2.31. The molecule has 1 saturated heterocycles. The van der Waals surface area contributed by atoms with Crippen LogP contribution in [-0.4, -0.2) is 73.9 Å². The molecular formula is C13H18N6O3. The highest BCUT2D eigenvalue weighted by molar-refractivity contribution is 5.71. The molecule has 0 aromatic carbocycles. The number of hydrogen-bond acceptors (Lipinski definition) is 7. The van der Waals surface area contributed by atoms with Gasteiger partial charge in [0, 0.05) is 20.5 Å². The van der Waals surface area contributed by atoms with Crippen LogP contribution in [0.15, 0.2) is 17.5 Å². The van der Waals surface area contributed by atoms with E-state index in [1.54, 1.807) is 28.3 Å². The summed E-state index contributed by atoms with van der Waals surface area (Å²) in [5.41, 5.74) is 1.20. The van der Waals surface area contributed by atoms with E-state index in [0.29, 0.717) is 23.5 Å². The summed E-state index contributed by atoms with van der Waals surface area (Å²) in [4.78, 5) is 18.7. The molecule has 1 aliphatic rings. The largest absolute Gasteiger partial charge is 0.394 e. The molecule has 9 nitrogen and oxygen atoms in total. The Labute approximate surface area is 126 Å². The monoisotopic (exact) mass is 306 g/mol. The van der Waals surface area contributed by atoms with Crippen LogP contribution in [0.3, 0.4) is 0 Å². The Morgan fingerprint density at radius 1 is 1.50 bits per heavy atom. The van der Waals surface area contributed by atoms with Crippen molar-refractivity contribution in [3.8, 4) is 0 Å². The normalized spacial score (nSPS) is 25.4. The number of imidazole rings is 1. The molecule has 2 aromatic heterocycles. The van der Waals surface area contributed by atoms with Gasteiger partial charge in [-0.1, -0.05) is 0 Å². The van der Waals surface area contributed by atoms with E-state index in [1.807, 2.05) is 14.1 Å². The van der Waals surface area contributed by atoms with Gasteiger partial charge in [-0.2, -0.15) is 4.98 Å². The van der Waals surface area contributed by atoms with Crippen molar-refractivity contribution in [3.63, 3.8) is 0 Å². The van der Waals surface area contributed by atoms with Crippen molar-refractivity contribution in [2.45, 2.75) is 24.9 Å². The van der Waals surface area contributed by atoms with E-state index in [1.165, 1.54) is 0 Å². The average molecular weight is 306 g/mol. The van der Waals surface area contributed by atoms with Crippen LogP contribution < -0.4 is 0 Å². The van der Waals surface area contributed by atoms with Gasteiger partial charge in [-0.15, -0.1) is 0 Å². The maximum Gasteiger partial charge on any atom is 0.252 e. The summed E-state index contributed by atoms with van der Waals surface area (Å²) in [5, 5.41) is 19.0. The number of ether oxygens (including phenoxy) is 1. The van der Waals surface area contributed by atoms with Gasteiger partial charge in [-0.05, 0) is 0 Å². The van der Waals surface area contributed by atoms with E-state index < -0.39 is 18.4 Å². The summed E-state index contributed by atoms with van der Waals surface area (Å²) < 4.78 is 7.36. The topological polar surface area (TPSA) is 109 Å². The molecular weight excluding hydrogens is 288 g/mol. The van der Waals surface area contributed by atoms with Gasteiger partial charge >= 0.3 is 0 Å². The number of aromatic nitrogens is 4. The smallest absolute Gasteiger partial charge is 0.252 e. The van der Waals surface area contributed by atoms with Gasteiger partial charge in [0.05, 0.1) is 31.6 Å². The number of hydrogen-bond donors (Lipinski definition) is 2. The Morgan fingerprint density at radius 2 is 2.32 bits per heavy atom. The second kappa shape index (κ2) is 5.95. The van der Waals surface area contributed by atoms with Crippen LogP contribution in [0, 0.1) is 0 Å². The number of aliphatic imine (C=N–C) groups is 1. The minimum atomic E-state index is -0.708. The lowest BCUT2D eigenvalue weighted by Gasteiger charge is -2.13. The Kier molecular flexibility index (Phi) is 4.01. The number of nitrogens with zero attached hydrogens (tertiary/aromatic N) is 6. The lowest BCUT2D eigenvalue weighted by Crippen LogP contribution is -2.24. The molecule has 22 heavy (non-hydrogen) atoms. The molecule has 3 heterocycles. The van der Waals surface area contributed by atoms with Crippen molar-refractivity contribution < 1.29 is 14.9 Å². The van der Waals surface area contributed by atoms with Crippen LogP contribution in [0.2, 0.25) is 0 Å². The number of rotatable bonds is 4. The minimum Gasteiger partial charge on any atom is -0.394 e. The van der Waals surface area contributed by atoms with Crippen LogP contribution >= 0.6 is 0 Å². The van der Waals surface area contributed by atoms with E-state index in [-0.39, 0.29) is 6.61 Å². The standard InChI is InChI=1S/C13H18N6O3/c1-18(2)6-16-13-14-4-8-12(17-13)19(7-15-8)11-3-9(21)10(5-20)22-11/h4,6-7,9-11,20-21H,3,5H2,1-2H3/b16-6+/t9-,10+,11+/m0/s1. The van der Waals surface area contributed by atoms with Gasteiger partial charge in [0.25, 0.3) is 5.95 Å². The molecule has 0 unspecified atom stereocenters. The molecule has 0 bridgehead atoms. The summed E-state index contributed by atoms with van der Waals surface area (Å²) in [6.45, 7) is -0.225. The first kappa shape index (κ1) is 14.8. The predicted molar refractivity (Wildman–Crippen MR) is 78.8 cm³/mol. The third-order valence-corrected chi connectivity index (χ3v) is 3.40. The van der Waals surface area contributed by atoms with Crippen molar-refractivity contribution in [1.82, 2.24) is 24.4 Å². The van der Waals surface area contributed by atoms with E-state index in [9.17, 15) is 10.2 Å². The van der Waals surface area contributed by atoms with Crippen LogP contribution in [0.1, 0.15) is 12.6 Å². The fraction of sp³-hybridized carbons (Fsp3) is 0.538. The van der Waals surface area contributed by atoms with Gasteiger partial charge in [-0.3, -0.25) is 4.57 Å². The Hall–Kier alpha value is -2.10. The Morgan fingerprint density at radius 3 is 3.00 bits per heavy atom. The van der Waals surface area contributed by atoms with Gasteiger partial charge in [0.2, 0.25) is 0 Å². The van der Waals surface area contributed by atoms with Crippen LogP contribution in [0.5, 0.6) is 0 Å². The zero-order valence-electron chi connectivity index (χ0n) is 12.4. The molecule has 118 valence electrons. The minimum absolute atomic E-state index is 0.225. The summed E-state index contributed by atoms with van der Waals surface area (Å²) in [5.74, 6) is 0.320. The van der Waals surface area contributed by atoms with Crippen molar-refractivity contribution in [3.05, 3.63) is 12.5 Å². The van der Waals surface area contributed by atoms with E-state index >= 15 is 0 Å². The van der Waals surface area contributed by atoms with Crippen molar-refractivity contribution in [1.29, 1.82) is 0 Å². The highest BCUT2D eigenvalue weighted by atomic mass is 16.5. The highest BCUT2D eigenvalue weighted by Crippen LogP contribution is 2.30. The molecule has 0 saturated carbocycles. The van der Waals surface area contributed by atoms with E-state index in [0.717, 1.165) is 0 Å². The summed E-state index contributed by atoms with van der Waals surface area (Å²) in [6.07, 6.45) is 3.46. The van der Waals surface area contributed by atoms with Crippen LogP contribution in [0.4, 0.5) is 5.95 Å². The molecule has 3 atom stereocenters. The number of fused-ring (bicyclic) bond motifs is 1. The van der Waals surface area contributed by atoms with Gasteiger partial charge < -0.3 is 19.8 Å². The maximum atomic E-state index is 9.85. The molecule has 0 aliphatic carbocycles. The molecule has 0 spiro atoms. The first-order chi connectivity index (χ1) is 10.6. The fourth-order valence-corrected chi connectivity index (χ4v) is 2.31. The summed E-state index contributed by atoms with van der Waals surface area (Å²) in [7, 11) is 3.71. The predicted octanol–water partition coefficient (Wildman–Crippen LogP) is -0.312. The maximum absolute atomic E-state index is 9.85. The van der Waals surface area contributed by atoms with Crippen LogP contribution in [-0.2, 0) is 4.74 Å². The van der Waals surface area contributed by atoms with Gasteiger partial charge in [0.1, 0.15) is 17.8 Å². The van der Waals surface area contributed by atoms with Crippen LogP contribution in [0.25, 0.3) is 11.2 Å². The quantitative estimate of drug-likeness (QED) is 0.589.